The van der Waals surface area contributed by atoms with Gasteiger partial charge in [-0.05, 0) is 49.4 Å². The largest absolute Gasteiger partial charge is 0.444 e. The lowest BCUT2D eigenvalue weighted by Gasteiger charge is -2.27. The fourth-order valence-corrected chi connectivity index (χ4v) is 3.85. The number of benzene rings is 2. The first-order chi connectivity index (χ1) is 17.0. The molecule has 0 aliphatic carbocycles. The molecule has 0 spiro atoms. The van der Waals surface area contributed by atoms with Crippen LogP contribution in [-0.4, -0.2) is 30.7 Å². The lowest BCUT2D eigenvalue weighted by Crippen LogP contribution is -2.35. The molecule has 0 bridgehead atoms. The van der Waals surface area contributed by atoms with Gasteiger partial charge in [0.1, 0.15) is 24.2 Å². The third-order valence-electron chi connectivity index (χ3n) is 5.61. The smallest absolute Gasteiger partial charge is 0.226 e. The van der Waals surface area contributed by atoms with E-state index in [4.69, 9.17) is 8.83 Å². The summed E-state index contributed by atoms with van der Waals surface area (Å²) >= 11 is 0. The standard InChI is InChI=1S/C26H23F2N5O2/c1-18(13-33-10-4-9-29-33)32(14-23-16-34-25(30-23)19-5-2-7-21(27)11-19)15-24-17-35-26(31-24)20-6-3-8-22(28)12-20/h2-12,16-18H,13-15H2,1H3. The van der Waals surface area contributed by atoms with Crippen LogP contribution in [0, 0.1) is 11.6 Å². The molecule has 7 nitrogen and oxygen atoms in total. The van der Waals surface area contributed by atoms with Crippen LogP contribution in [0.4, 0.5) is 8.78 Å². The predicted molar refractivity (Wildman–Crippen MR) is 125 cm³/mol. The summed E-state index contributed by atoms with van der Waals surface area (Å²) in [7, 11) is 0. The first kappa shape index (κ1) is 22.7. The molecule has 0 N–H and O–H groups in total. The highest BCUT2D eigenvalue weighted by atomic mass is 19.1. The Morgan fingerprint density at radius 2 is 1.43 bits per heavy atom. The van der Waals surface area contributed by atoms with E-state index in [0.29, 0.717) is 53.9 Å². The number of oxazole rings is 2. The molecule has 1 unspecified atom stereocenters. The average Bonchev–Trinajstić information content (AvgIpc) is 3.61. The van der Waals surface area contributed by atoms with E-state index < -0.39 is 0 Å². The molecular formula is C26H23F2N5O2. The van der Waals surface area contributed by atoms with E-state index in [1.165, 1.54) is 24.3 Å². The maximum Gasteiger partial charge on any atom is 0.226 e. The molecule has 0 aliphatic heterocycles. The zero-order valence-corrected chi connectivity index (χ0v) is 19.0. The third-order valence-corrected chi connectivity index (χ3v) is 5.61. The van der Waals surface area contributed by atoms with Gasteiger partial charge in [0.25, 0.3) is 0 Å². The Bertz CT molecular complexity index is 1310. The number of hydrogen-bond acceptors (Lipinski definition) is 6. The van der Waals surface area contributed by atoms with Crippen molar-refractivity contribution >= 4 is 0 Å². The number of hydrogen-bond donors (Lipinski definition) is 0. The summed E-state index contributed by atoms with van der Waals surface area (Å²) in [5, 5.41) is 4.31. The van der Waals surface area contributed by atoms with Crippen molar-refractivity contribution in [2.75, 3.05) is 0 Å². The van der Waals surface area contributed by atoms with Gasteiger partial charge in [-0.3, -0.25) is 9.58 Å². The van der Waals surface area contributed by atoms with Crippen LogP contribution in [0.1, 0.15) is 18.3 Å². The quantitative estimate of drug-likeness (QED) is 0.278. The molecular weight excluding hydrogens is 452 g/mol. The van der Waals surface area contributed by atoms with Gasteiger partial charge in [0.15, 0.2) is 0 Å². The zero-order valence-electron chi connectivity index (χ0n) is 19.0. The molecule has 0 radical (unpaired) electrons. The van der Waals surface area contributed by atoms with Crippen LogP contribution in [0.5, 0.6) is 0 Å². The highest BCUT2D eigenvalue weighted by Gasteiger charge is 2.20. The van der Waals surface area contributed by atoms with Crippen LogP contribution in [0.3, 0.4) is 0 Å². The van der Waals surface area contributed by atoms with Crippen molar-refractivity contribution in [1.82, 2.24) is 24.6 Å². The van der Waals surface area contributed by atoms with Crippen molar-refractivity contribution < 1.29 is 17.6 Å². The molecule has 0 saturated carbocycles. The molecule has 5 rings (SSSR count). The Morgan fingerprint density at radius 1 is 0.857 bits per heavy atom. The highest BCUT2D eigenvalue weighted by molar-refractivity contribution is 5.53. The maximum absolute atomic E-state index is 13.6. The minimum Gasteiger partial charge on any atom is -0.444 e. The summed E-state index contributed by atoms with van der Waals surface area (Å²) < 4.78 is 40.4. The van der Waals surface area contributed by atoms with Gasteiger partial charge in [0.2, 0.25) is 11.8 Å². The zero-order chi connectivity index (χ0) is 24.2. The molecule has 178 valence electrons. The average molecular weight is 475 g/mol. The minimum absolute atomic E-state index is 0.0542. The third kappa shape index (κ3) is 5.52. The first-order valence-corrected chi connectivity index (χ1v) is 11.2. The topological polar surface area (TPSA) is 73.1 Å². The van der Waals surface area contributed by atoms with Gasteiger partial charge < -0.3 is 8.83 Å². The molecule has 0 aliphatic rings. The molecule has 0 fully saturated rings. The monoisotopic (exact) mass is 475 g/mol. The van der Waals surface area contributed by atoms with Gasteiger partial charge in [-0.15, -0.1) is 0 Å². The minimum atomic E-state index is -0.350. The molecule has 0 amide bonds. The van der Waals surface area contributed by atoms with Gasteiger partial charge in [-0.2, -0.15) is 5.10 Å². The van der Waals surface area contributed by atoms with E-state index in [2.05, 4.69) is 26.9 Å². The van der Waals surface area contributed by atoms with Gasteiger partial charge >= 0.3 is 0 Å². The number of halogens is 2. The second kappa shape index (κ2) is 10.0. The van der Waals surface area contributed by atoms with E-state index in [1.54, 1.807) is 43.0 Å². The van der Waals surface area contributed by atoms with Crippen molar-refractivity contribution in [2.45, 2.75) is 32.6 Å². The molecule has 3 heterocycles. The van der Waals surface area contributed by atoms with Crippen molar-refractivity contribution in [3.05, 3.63) is 103 Å². The van der Waals surface area contributed by atoms with Crippen LogP contribution in [0.25, 0.3) is 22.9 Å². The summed E-state index contributed by atoms with van der Waals surface area (Å²) in [6, 6.07) is 14.2. The van der Waals surface area contributed by atoms with Gasteiger partial charge in [-0.25, -0.2) is 18.7 Å². The Morgan fingerprint density at radius 3 is 1.91 bits per heavy atom. The Labute approximate surface area is 200 Å². The molecule has 0 saturated heterocycles. The predicted octanol–water partition coefficient (Wildman–Crippen LogP) is 5.56. The number of nitrogens with zero attached hydrogens (tertiary/aromatic N) is 5. The van der Waals surface area contributed by atoms with Gasteiger partial charge in [0.05, 0.1) is 17.9 Å². The second-order valence-electron chi connectivity index (χ2n) is 8.29. The van der Waals surface area contributed by atoms with Gasteiger partial charge in [0, 0.05) is 42.7 Å². The Balaban J connectivity index is 1.36. The summed E-state index contributed by atoms with van der Waals surface area (Å²) in [4.78, 5) is 11.3. The van der Waals surface area contributed by atoms with Crippen LogP contribution in [-0.2, 0) is 19.6 Å². The summed E-state index contributed by atoms with van der Waals surface area (Å²) in [5.41, 5.74) is 2.54. The molecule has 2 aromatic carbocycles. The van der Waals surface area contributed by atoms with Crippen molar-refractivity contribution in [3.63, 3.8) is 0 Å². The van der Waals surface area contributed by atoms with E-state index >= 15 is 0 Å². The van der Waals surface area contributed by atoms with Crippen LogP contribution in [0.15, 0.2) is 88.4 Å². The summed E-state index contributed by atoms with van der Waals surface area (Å²) in [6.07, 6.45) is 6.80. The lowest BCUT2D eigenvalue weighted by molar-refractivity contribution is 0.165. The first-order valence-electron chi connectivity index (χ1n) is 11.2. The van der Waals surface area contributed by atoms with E-state index in [1.807, 2.05) is 16.9 Å². The van der Waals surface area contributed by atoms with E-state index in [0.717, 1.165) is 0 Å². The normalized spacial score (nSPS) is 12.3. The Kier molecular flexibility index (Phi) is 6.49. The second-order valence-corrected chi connectivity index (χ2v) is 8.29. The molecule has 35 heavy (non-hydrogen) atoms. The molecule has 1 atom stereocenters. The lowest BCUT2D eigenvalue weighted by atomic mass is 10.2. The van der Waals surface area contributed by atoms with Crippen molar-refractivity contribution in [3.8, 4) is 22.9 Å². The number of aromatic nitrogens is 4. The van der Waals surface area contributed by atoms with Crippen LogP contribution in [0.2, 0.25) is 0 Å². The highest BCUT2D eigenvalue weighted by Crippen LogP contribution is 2.23. The maximum atomic E-state index is 13.6. The summed E-state index contributed by atoms with van der Waals surface area (Å²) in [6.45, 7) is 3.66. The van der Waals surface area contributed by atoms with Crippen LogP contribution < -0.4 is 0 Å². The van der Waals surface area contributed by atoms with Crippen molar-refractivity contribution in [1.29, 1.82) is 0 Å². The molecule has 3 aromatic heterocycles. The fourth-order valence-electron chi connectivity index (χ4n) is 3.85. The molecule has 9 heteroatoms. The Hall–Kier alpha value is -4.11. The van der Waals surface area contributed by atoms with Crippen LogP contribution >= 0.6 is 0 Å². The van der Waals surface area contributed by atoms with E-state index in [-0.39, 0.29) is 17.7 Å². The molecule has 5 aromatic rings. The van der Waals surface area contributed by atoms with Gasteiger partial charge in [-0.1, -0.05) is 12.1 Å². The summed E-state index contributed by atoms with van der Waals surface area (Å²) in [5.74, 6) is 0.0109. The van der Waals surface area contributed by atoms with E-state index in [9.17, 15) is 8.78 Å². The number of rotatable bonds is 9. The fraction of sp³-hybridized carbons (Fsp3) is 0.192. The SMILES string of the molecule is CC(Cn1cccn1)N(Cc1coc(-c2cccc(F)c2)n1)Cc1coc(-c2cccc(F)c2)n1. The van der Waals surface area contributed by atoms with Crippen molar-refractivity contribution in [2.24, 2.45) is 0 Å².